The van der Waals surface area contributed by atoms with Crippen molar-refractivity contribution in [3.63, 3.8) is 0 Å². The third-order valence-corrected chi connectivity index (χ3v) is 7.55. The van der Waals surface area contributed by atoms with Crippen molar-refractivity contribution in [2.24, 2.45) is 0 Å². The summed E-state index contributed by atoms with van der Waals surface area (Å²) in [5.74, 6) is -0.255. The number of nitrogens with one attached hydrogen (secondary N) is 1. The van der Waals surface area contributed by atoms with Crippen molar-refractivity contribution >= 4 is 39.9 Å². The van der Waals surface area contributed by atoms with Crippen LogP contribution < -0.4 is 9.62 Å². The van der Waals surface area contributed by atoms with E-state index in [0.29, 0.717) is 24.1 Å². The molecule has 1 N–H and O–H groups in total. The first-order valence-electron chi connectivity index (χ1n) is 11.8. The summed E-state index contributed by atoms with van der Waals surface area (Å²) in [7, 11) is 0. The fraction of sp³-hybridized carbons (Fsp3) is 0.172. The molecule has 0 radical (unpaired) electrons. The number of benzene rings is 4. The number of rotatable bonds is 8. The summed E-state index contributed by atoms with van der Waals surface area (Å²) < 4.78 is 26.4. The third kappa shape index (κ3) is 4.80. The molecule has 3 atom stereocenters. The van der Waals surface area contributed by atoms with Crippen molar-refractivity contribution in [1.82, 2.24) is 5.32 Å². The second-order valence-electron chi connectivity index (χ2n) is 8.90. The van der Waals surface area contributed by atoms with E-state index in [0.717, 1.165) is 33.7 Å². The maximum Gasteiger partial charge on any atom is 0.222 e. The van der Waals surface area contributed by atoms with E-state index in [2.05, 4.69) is 5.32 Å². The van der Waals surface area contributed by atoms with Gasteiger partial charge < -0.3 is 9.87 Å². The van der Waals surface area contributed by atoms with E-state index >= 15 is 0 Å². The first kappa shape index (κ1) is 23.9. The predicted octanol–water partition coefficient (Wildman–Crippen LogP) is 5.19. The van der Waals surface area contributed by atoms with Gasteiger partial charge in [0.2, 0.25) is 5.91 Å². The number of nitrogens with zero attached hydrogens (tertiary/aromatic N) is 1. The van der Waals surface area contributed by atoms with Crippen molar-refractivity contribution in [3.8, 4) is 0 Å². The molecule has 6 nitrogen and oxygen atoms in total. The highest BCUT2D eigenvalue weighted by molar-refractivity contribution is 7.80. The van der Waals surface area contributed by atoms with E-state index in [9.17, 15) is 18.4 Å². The molecular formula is C29H25N2O4S-. The minimum Gasteiger partial charge on any atom is -0.755 e. The zero-order valence-electron chi connectivity index (χ0n) is 19.5. The standard InChI is InChI=1S/C29H26N2O4S/c32-19-23-11-6-12-26-25(23)15-16-27(26)30-29(33)18-28(21-8-2-1-3-9-21)31(36(34)35)24-14-13-20-7-4-5-10-22(20)17-24/h1-14,17,19,27-28H,15-16,18H2,(H,30,33)(H,34,35)/p-1. The molecule has 3 unspecified atom stereocenters. The van der Waals surface area contributed by atoms with Crippen LogP contribution in [-0.4, -0.2) is 21.0 Å². The smallest absolute Gasteiger partial charge is 0.222 e. The highest BCUT2D eigenvalue weighted by Gasteiger charge is 2.29. The molecule has 1 aliphatic rings. The van der Waals surface area contributed by atoms with Crippen LogP contribution in [0, 0.1) is 0 Å². The largest absolute Gasteiger partial charge is 0.755 e. The molecule has 0 saturated heterocycles. The lowest BCUT2D eigenvalue weighted by atomic mass is 10.0. The second-order valence-corrected chi connectivity index (χ2v) is 9.72. The van der Waals surface area contributed by atoms with Gasteiger partial charge in [-0.3, -0.25) is 18.1 Å². The van der Waals surface area contributed by atoms with E-state index in [1.165, 1.54) is 4.31 Å². The predicted molar refractivity (Wildman–Crippen MR) is 140 cm³/mol. The van der Waals surface area contributed by atoms with Crippen molar-refractivity contribution in [2.75, 3.05) is 4.31 Å². The first-order chi connectivity index (χ1) is 17.5. The molecular weight excluding hydrogens is 472 g/mol. The van der Waals surface area contributed by atoms with Crippen LogP contribution in [0.3, 0.4) is 0 Å². The summed E-state index contributed by atoms with van der Waals surface area (Å²) in [6.45, 7) is 0. The molecule has 4 aromatic carbocycles. The zero-order valence-corrected chi connectivity index (χ0v) is 20.3. The molecule has 36 heavy (non-hydrogen) atoms. The van der Waals surface area contributed by atoms with Crippen LogP contribution in [0.25, 0.3) is 10.8 Å². The Kier molecular flexibility index (Phi) is 6.93. The molecule has 0 aliphatic heterocycles. The maximum absolute atomic E-state index is 13.3. The second kappa shape index (κ2) is 10.4. The van der Waals surface area contributed by atoms with E-state index in [-0.39, 0.29) is 18.4 Å². The Hall–Kier alpha value is -3.81. The van der Waals surface area contributed by atoms with Crippen LogP contribution in [0.15, 0.2) is 91.0 Å². The molecule has 1 amide bonds. The molecule has 0 spiro atoms. The molecule has 4 aromatic rings. The lowest BCUT2D eigenvalue weighted by Crippen LogP contribution is -2.36. The molecule has 0 heterocycles. The van der Waals surface area contributed by atoms with Gasteiger partial charge >= 0.3 is 0 Å². The number of aldehydes is 1. The van der Waals surface area contributed by atoms with Gasteiger partial charge in [0.15, 0.2) is 0 Å². The zero-order chi connectivity index (χ0) is 25.1. The molecule has 0 aromatic heterocycles. The Bertz CT molecular complexity index is 1440. The Labute approximate surface area is 212 Å². The van der Waals surface area contributed by atoms with Gasteiger partial charge in [0, 0.05) is 22.5 Å². The van der Waals surface area contributed by atoms with Crippen LogP contribution in [0.2, 0.25) is 0 Å². The molecule has 0 bridgehead atoms. The third-order valence-electron chi connectivity index (χ3n) is 6.76. The van der Waals surface area contributed by atoms with Crippen molar-refractivity contribution in [1.29, 1.82) is 0 Å². The fourth-order valence-electron chi connectivity index (χ4n) is 5.07. The number of hydrogen-bond donors (Lipinski definition) is 1. The van der Waals surface area contributed by atoms with E-state index < -0.39 is 17.3 Å². The van der Waals surface area contributed by atoms with Crippen LogP contribution in [-0.2, 0) is 22.5 Å². The van der Waals surface area contributed by atoms with Crippen molar-refractivity contribution < 1.29 is 18.4 Å². The van der Waals surface area contributed by atoms with E-state index in [4.69, 9.17) is 0 Å². The maximum atomic E-state index is 13.3. The van der Waals surface area contributed by atoms with Gasteiger partial charge in [0.05, 0.1) is 18.5 Å². The number of carbonyl (C=O) groups is 2. The van der Waals surface area contributed by atoms with E-state index in [1.54, 1.807) is 12.1 Å². The van der Waals surface area contributed by atoms with E-state index in [1.807, 2.05) is 78.9 Å². The lowest BCUT2D eigenvalue weighted by molar-refractivity contribution is -0.122. The van der Waals surface area contributed by atoms with Gasteiger partial charge in [-0.2, -0.15) is 0 Å². The average Bonchev–Trinajstić information content (AvgIpc) is 3.31. The Morgan fingerprint density at radius 1 is 1.00 bits per heavy atom. The van der Waals surface area contributed by atoms with Gasteiger partial charge in [-0.1, -0.05) is 78.9 Å². The number of amides is 1. The van der Waals surface area contributed by atoms with Gasteiger partial charge in [0.25, 0.3) is 0 Å². The minimum absolute atomic E-state index is 0.0516. The SMILES string of the molecule is O=Cc1cccc2c1CCC2NC(=O)CC(c1ccccc1)N(c1ccc2ccccc2c1)S(=O)[O-]. The number of fused-ring (bicyclic) bond motifs is 2. The molecule has 0 saturated carbocycles. The summed E-state index contributed by atoms with van der Waals surface area (Å²) in [6, 6.07) is 27.0. The fourth-order valence-corrected chi connectivity index (χ4v) is 5.76. The van der Waals surface area contributed by atoms with Crippen LogP contribution in [0.1, 0.15) is 52.0 Å². The molecule has 7 heteroatoms. The van der Waals surface area contributed by atoms with Crippen LogP contribution >= 0.6 is 0 Å². The van der Waals surface area contributed by atoms with Crippen molar-refractivity contribution in [2.45, 2.75) is 31.3 Å². The van der Waals surface area contributed by atoms with Crippen molar-refractivity contribution in [3.05, 3.63) is 113 Å². The average molecular weight is 498 g/mol. The quantitative estimate of drug-likeness (QED) is 0.268. The van der Waals surface area contributed by atoms with Gasteiger partial charge in [-0.25, -0.2) is 0 Å². The number of anilines is 1. The molecule has 1 aliphatic carbocycles. The topological polar surface area (TPSA) is 89.5 Å². The lowest BCUT2D eigenvalue weighted by Gasteiger charge is -2.35. The highest BCUT2D eigenvalue weighted by Crippen LogP contribution is 2.35. The Balaban J connectivity index is 1.45. The van der Waals surface area contributed by atoms with Crippen LogP contribution in [0.4, 0.5) is 5.69 Å². The van der Waals surface area contributed by atoms with Gasteiger partial charge in [0.1, 0.15) is 6.29 Å². The van der Waals surface area contributed by atoms with Crippen LogP contribution in [0.5, 0.6) is 0 Å². The summed E-state index contributed by atoms with van der Waals surface area (Å²) in [6.07, 6.45) is 2.21. The number of carbonyl (C=O) groups excluding carboxylic acids is 2. The Morgan fingerprint density at radius 2 is 1.75 bits per heavy atom. The normalized spacial score (nSPS) is 16.2. The molecule has 5 rings (SSSR count). The van der Waals surface area contributed by atoms with Gasteiger partial charge in [-0.05, 0) is 52.4 Å². The summed E-state index contributed by atoms with van der Waals surface area (Å²) in [5, 5.41) is 4.99. The summed E-state index contributed by atoms with van der Waals surface area (Å²) >= 11 is -2.62. The highest BCUT2D eigenvalue weighted by atomic mass is 32.2. The van der Waals surface area contributed by atoms with Gasteiger partial charge in [-0.15, -0.1) is 0 Å². The monoisotopic (exact) mass is 497 g/mol. The minimum atomic E-state index is -2.62. The molecule has 0 fully saturated rings. The number of hydrogen-bond acceptors (Lipinski definition) is 4. The summed E-state index contributed by atoms with van der Waals surface area (Å²) in [4.78, 5) is 24.7. The Morgan fingerprint density at radius 3 is 2.50 bits per heavy atom. The summed E-state index contributed by atoms with van der Waals surface area (Å²) in [5.41, 5.74) is 3.78. The first-order valence-corrected chi connectivity index (χ1v) is 12.9. The molecule has 182 valence electrons.